The molecule has 2 saturated carbocycles. The van der Waals surface area contributed by atoms with Crippen molar-refractivity contribution in [3.63, 3.8) is 0 Å². The highest BCUT2D eigenvalue weighted by Gasteiger charge is 2.43. The lowest BCUT2D eigenvalue weighted by molar-refractivity contribution is -0.160. The van der Waals surface area contributed by atoms with Crippen LogP contribution in [0.5, 0.6) is 0 Å². The maximum absolute atomic E-state index is 14.0. The molecule has 3 aliphatic rings. The molecule has 2 aliphatic carbocycles. The summed E-state index contributed by atoms with van der Waals surface area (Å²) in [5, 5.41) is 8.28. The number of carbonyl (C=O) groups is 6. The van der Waals surface area contributed by atoms with E-state index < -0.39 is 64.8 Å². The van der Waals surface area contributed by atoms with E-state index in [4.69, 9.17) is 10.5 Å². The Labute approximate surface area is 255 Å². The van der Waals surface area contributed by atoms with Crippen molar-refractivity contribution in [1.82, 2.24) is 20.9 Å². The number of ether oxygens (including phenoxy) is 1. The van der Waals surface area contributed by atoms with Gasteiger partial charge in [-0.2, -0.15) is 0 Å². The third kappa shape index (κ3) is 9.40. The first-order valence-corrected chi connectivity index (χ1v) is 15.7. The van der Waals surface area contributed by atoms with Gasteiger partial charge in [0.05, 0.1) is 6.04 Å². The summed E-state index contributed by atoms with van der Waals surface area (Å²) in [7, 11) is 0. The lowest BCUT2D eigenvalue weighted by Crippen LogP contribution is -2.60. The Kier molecular flexibility index (Phi) is 11.2. The monoisotopic (exact) mass is 605 g/mol. The number of rotatable bonds is 11. The number of hydrogen-bond acceptors (Lipinski definition) is 7. The Morgan fingerprint density at radius 2 is 1.47 bits per heavy atom. The standard InChI is InChI=1S/C31H51N5O7/c1-30(2,3)24(28(41)43-31(4,5)6)35-29(42)34-22(19-13-7-8-14-19)27(40)36-16-10-15-21(36)26(39)33-20(23(37)25(32)38)17-18-11-9-12-18/h18-22,24H,7-17H2,1-6H3,(H2,32,38)(H,33,39)(H2,34,35,42). The first-order chi connectivity index (χ1) is 20.0. The molecule has 4 atom stereocenters. The first kappa shape index (κ1) is 34.3. The van der Waals surface area contributed by atoms with E-state index in [2.05, 4.69) is 16.0 Å². The molecule has 0 aromatic rings. The van der Waals surface area contributed by atoms with Crippen LogP contribution < -0.4 is 21.7 Å². The molecule has 3 fully saturated rings. The highest BCUT2D eigenvalue weighted by molar-refractivity contribution is 6.37. The van der Waals surface area contributed by atoms with Gasteiger partial charge in [-0.15, -0.1) is 0 Å². The zero-order valence-electron chi connectivity index (χ0n) is 26.6. The number of hydrogen-bond donors (Lipinski definition) is 4. The van der Waals surface area contributed by atoms with Gasteiger partial charge in [-0.05, 0) is 70.1 Å². The molecule has 0 aromatic heterocycles. The third-order valence-electron chi connectivity index (χ3n) is 8.72. The number of amides is 5. The summed E-state index contributed by atoms with van der Waals surface area (Å²) in [6, 6.07) is -4.39. The molecule has 1 heterocycles. The van der Waals surface area contributed by atoms with Gasteiger partial charge in [-0.1, -0.05) is 52.9 Å². The van der Waals surface area contributed by atoms with Crippen LogP contribution in [-0.4, -0.2) is 76.7 Å². The number of esters is 1. The molecule has 12 nitrogen and oxygen atoms in total. The molecule has 0 aromatic carbocycles. The SMILES string of the molecule is CC(C)(C)OC(=O)C(NC(=O)NC(C(=O)N1CCCC1C(=O)NC(CC1CCC1)C(=O)C(N)=O)C1CCCC1)C(C)(C)C. The summed E-state index contributed by atoms with van der Waals surface area (Å²) in [6.45, 7) is 11.0. The lowest BCUT2D eigenvalue weighted by Gasteiger charge is -2.35. The van der Waals surface area contributed by atoms with E-state index in [0.29, 0.717) is 25.8 Å². The van der Waals surface area contributed by atoms with Crippen molar-refractivity contribution >= 4 is 35.5 Å². The van der Waals surface area contributed by atoms with E-state index in [1.807, 2.05) is 20.8 Å². The first-order valence-electron chi connectivity index (χ1n) is 15.7. The second kappa shape index (κ2) is 14.1. The number of primary amides is 1. The minimum absolute atomic E-state index is 0.125. The Hall–Kier alpha value is -3.18. The molecule has 1 saturated heterocycles. The Morgan fingerprint density at radius 3 is 1.98 bits per heavy atom. The number of nitrogens with zero attached hydrogens (tertiary/aromatic N) is 1. The normalized spacial score (nSPS) is 21.7. The quantitative estimate of drug-likeness (QED) is 0.206. The smallest absolute Gasteiger partial charge is 0.329 e. The van der Waals surface area contributed by atoms with Gasteiger partial charge in [-0.25, -0.2) is 9.59 Å². The van der Waals surface area contributed by atoms with Crippen LogP contribution in [0, 0.1) is 17.3 Å². The molecule has 4 unspecified atom stereocenters. The predicted octanol–water partition coefficient (Wildman–Crippen LogP) is 2.32. The molecular weight excluding hydrogens is 554 g/mol. The number of likely N-dealkylation sites (tertiary alicyclic amines) is 1. The van der Waals surface area contributed by atoms with Crippen LogP contribution in [0.25, 0.3) is 0 Å². The van der Waals surface area contributed by atoms with Crippen molar-refractivity contribution in [3.8, 4) is 0 Å². The van der Waals surface area contributed by atoms with Crippen molar-refractivity contribution in [3.05, 3.63) is 0 Å². The van der Waals surface area contributed by atoms with Crippen LogP contribution in [0.15, 0.2) is 0 Å². The summed E-state index contributed by atoms with van der Waals surface area (Å²) in [4.78, 5) is 79.4. The molecule has 5 amide bonds. The van der Waals surface area contributed by atoms with Crippen LogP contribution in [-0.2, 0) is 28.7 Å². The van der Waals surface area contributed by atoms with Gasteiger partial charge in [0.1, 0.15) is 23.7 Å². The van der Waals surface area contributed by atoms with E-state index in [1.165, 1.54) is 4.90 Å². The fourth-order valence-electron chi connectivity index (χ4n) is 6.19. The van der Waals surface area contributed by atoms with Crippen LogP contribution in [0.2, 0.25) is 0 Å². The molecular formula is C31H51N5O7. The van der Waals surface area contributed by atoms with E-state index >= 15 is 0 Å². The topological polar surface area (TPSA) is 177 Å². The van der Waals surface area contributed by atoms with Gasteiger partial charge in [0, 0.05) is 6.54 Å². The number of Topliss-reactive ketones (excluding diaryl/α,β-unsaturated/α-hetero) is 1. The van der Waals surface area contributed by atoms with Gasteiger partial charge < -0.3 is 31.3 Å². The Balaban J connectivity index is 1.75. The van der Waals surface area contributed by atoms with Gasteiger partial charge in [0.2, 0.25) is 17.6 Å². The zero-order valence-corrected chi connectivity index (χ0v) is 26.6. The molecule has 0 spiro atoms. The van der Waals surface area contributed by atoms with Crippen molar-refractivity contribution in [2.24, 2.45) is 23.0 Å². The molecule has 0 radical (unpaired) electrons. The van der Waals surface area contributed by atoms with Crippen LogP contribution in [0.4, 0.5) is 4.79 Å². The number of carbonyl (C=O) groups excluding carboxylic acids is 6. The molecule has 1 aliphatic heterocycles. The highest BCUT2D eigenvalue weighted by Crippen LogP contribution is 2.32. The minimum atomic E-state index is -1.10. The minimum Gasteiger partial charge on any atom is -0.458 e. The van der Waals surface area contributed by atoms with E-state index in [0.717, 1.165) is 44.9 Å². The van der Waals surface area contributed by atoms with E-state index in [-0.39, 0.29) is 17.7 Å². The molecule has 43 heavy (non-hydrogen) atoms. The number of nitrogens with two attached hydrogens (primary N) is 1. The molecule has 3 rings (SSSR count). The number of ketones is 1. The van der Waals surface area contributed by atoms with Crippen LogP contribution in [0.1, 0.15) is 106 Å². The summed E-state index contributed by atoms with van der Waals surface area (Å²) in [5.74, 6) is -3.27. The summed E-state index contributed by atoms with van der Waals surface area (Å²) in [6.07, 6.45) is 7.53. The predicted molar refractivity (Wildman–Crippen MR) is 159 cm³/mol. The number of urea groups is 1. The van der Waals surface area contributed by atoms with Crippen LogP contribution >= 0.6 is 0 Å². The molecule has 5 N–H and O–H groups in total. The molecule has 242 valence electrons. The van der Waals surface area contributed by atoms with Crippen LogP contribution in [0.3, 0.4) is 0 Å². The molecule has 0 bridgehead atoms. The maximum Gasteiger partial charge on any atom is 0.329 e. The fraction of sp³-hybridized carbons (Fsp3) is 0.806. The fourth-order valence-corrected chi connectivity index (χ4v) is 6.19. The third-order valence-corrected chi connectivity index (χ3v) is 8.72. The largest absolute Gasteiger partial charge is 0.458 e. The highest BCUT2D eigenvalue weighted by atomic mass is 16.6. The van der Waals surface area contributed by atoms with E-state index in [1.54, 1.807) is 20.8 Å². The van der Waals surface area contributed by atoms with Gasteiger partial charge in [0.15, 0.2) is 0 Å². The Morgan fingerprint density at radius 1 is 0.837 bits per heavy atom. The van der Waals surface area contributed by atoms with Gasteiger partial charge in [-0.3, -0.25) is 19.2 Å². The lowest BCUT2D eigenvalue weighted by atomic mass is 9.80. The average Bonchev–Trinajstić information content (AvgIpc) is 3.57. The Bertz CT molecular complexity index is 1070. The van der Waals surface area contributed by atoms with Crippen molar-refractivity contribution in [2.45, 2.75) is 136 Å². The average molecular weight is 606 g/mol. The van der Waals surface area contributed by atoms with Gasteiger partial charge in [0.25, 0.3) is 5.91 Å². The summed E-state index contributed by atoms with van der Waals surface area (Å²) < 4.78 is 5.55. The zero-order chi connectivity index (χ0) is 32.1. The van der Waals surface area contributed by atoms with Gasteiger partial charge >= 0.3 is 12.0 Å². The van der Waals surface area contributed by atoms with E-state index in [9.17, 15) is 28.8 Å². The maximum atomic E-state index is 14.0. The van der Waals surface area contributed by atoms with Crippen molar-refractivity contribution < 1.29 is 33.5 Å². The van der Waals surface area contributed by atoms with Crippen molar-refractivity contribution in [2.75, 3.05) is 6.54 Å². The second-order valence-corrected chi connectivity index (χ2v) is 14.5. The summed E-state index contributed by atoms with van der Waals surface area (Å²) >= 11 is 0. The van der Waals surface area contributed by atoms with Crippen molar-refractivity contribution in [1.29, 1.82) is 0 Å². The summed E-state index contributed by atoms with van der Waals surface area (Å²) in [5.41, 5.74) is 3.85. The number of nitrogens with one attached hydrogen (secondary N) is 3. The molecule has 12 heteroatoms. The second-order valence-electron chi connectivity index (χ2n) is 14.5.